The molecule has 1 aromatic rings. The van der Waals surface area contributed by atoms with Crippen molar-refractivity contribution in [2.24, 2.45) is 0 Å². The Balaban J connectivity index is 1.71. The Labute approximate surface area is 141 Å². The number of amides is 2. The standard InChI is InChI=1S/C16H23ClN4O2/c1-12(20-16(23)13-2-4-14(17)5-3-13)15(22)19-8-11-21-9-6-18-7-10-21/h2-5,12,18H,6-11H2,1H3,(H,19,22)(H,20,23). The molecule has 0 bridgehead atoms. The third-order valence-electron chi connectivity index (χ3n) is 3.78. The van der Waals surface area contributed by atoms with Crippen LogP contribution in [0.5, 0.6) is 0 Å². The molecule has 0 radical (unpaired) electrons. The molecule has 1 heterocycles. The van der Waals surface area contributed by atoms with Crippen molar-refractivity contribution in [2.45, 2.75) is 13.0 Å². The van der Waals surface area contributed by atoms with Crippen LogP contribution in [-0.4, -0.2) is 62.0 Å². The SMILES string of the molecule is CC(NC(=O)c1ccc(Cl)cc1)C(=O)NCCN1CCNCC1. The van der Waals surface area contributed by atoms with Gasteiger partial charge in [-0.3, -0.25) is 14.5 Å². The maximum absolute atomic E-state index is 12.0. The van der Waals surface area contributed by atoms with Gasteiger partial charge in [0, 0.05) is 49.9 Å². The van der Waals surface area contributed by atoms with Gasteiger partial charge < -0.3 is 16.0 Å². The van der Waals surface area contributed by atoms with E-state index in [0.29, 0.717) is 17.1 Å². The Kier molecular flexibility index (Phi) is 6.83. The lowest BCUT2D eigenvalue weighted by Crippen LogP contribution is -2.49. The Hall–Kier alpha value is -1.63. The summed E-state index contributed by atoms with van der Waals surface area (Å²) in [5.41, 5.74) is 0.481. The first kappa shape index (κ1) is 17.7. The molecule has 1 unspecified atom stereocenters. The quantitative estimate of drug-likeness (QED) is 0.705. The number of carbonyl (C=O) groups is 2. The second-order valence-corrected chi connectivity index (χ2v) is 6.02. The summed E-state index contributed by atoms with van der Waals surface area (Å²) in [4.78, 5) is 26.4. The Morgan fingerprint density at radius 3 is 2.57 bits per heavy atom. The van der Waals surface area contributed by atoms with Crippen molar-refractivity contribution in [3.63, 3.8) is 0 Å². The highest BCUT2D eigenvalue weighted by atomic mass is 35.5. The Bertz CT molecular complexity index is 529. The molecule has 126 valence electrons. The molecule has 0 saturated carbocycles. The van der Waals surface area contributed by atoms with Crippen molar-refractivity contribution in [3.8, 4) is 0 Å². The molecule has 1 aliphatic rings. The molecular formula is C16H23ClN4O2. The minimum atomic E-state index is -0.582. The lowest BCUT2D eigenvalue weighted by atomic mass is 10.2. The number of nitrogens with one attached hydrogen (secondary N) is 3. The van der Waals surface area contributed by atoms with E-state index in [9.17, 15) is 9.59 Å². The monoisotopic (exact) mass is 338 g/mol. The van der Waals surface area contributed by atoms with Crippen molar-refractivity contribution < 1.29 is 9.59 Å². The maximum Gasteiger partial charge on any atom is 0.251 e. The van der Waals surface area contributed by atoms with Crippen LogP contribution in [0.1, 0.15) is 17.3 Å². The predicted molar refractivity (Wildman–Crippen MR) is 90.7 cm³/mol. The zero-order valence-corrected chi connectivity index (χ0v) is 14.0. The van der Waals surface area contributed by atoms with E-state index < -0.39 is 6.04 Å². The van der Waals surface area contributed by atoms with Crippen molar-refractivity contribution in [1.29, 1.82) is 0 Å². The number of nitrogens with zero attached hydrogens (tertiary/aromatic N) is 1. The van der Waals surface area contributed by atoms with Crippen LogP contribution in [0.15, 0.2) is 24.3 Å². The largest absolute Gasteiger partial charge is 0.353 e. The average molecular weight is 339 g/mol. The third-order valence-corrected chi connectivity index (χ3v) is 4.04. The van der Waals surface area contributed by atoms with Crippen LogP contribution < -0.4 is 16.0 Å². The number of hydrogen-bond donors (Lipinski definition) is 3. The predicted octanol–water partition coefficient (Wildman–Crippen LogP) is 0.480. The topological polar surface area (TPSA) is 73.5 Å². The van der Waals surface area contributed by atoms with E-state index in [1.165, 1.54) is 0 Å². The molecule has 7 heteroatoms. The highest BCUT2D eigenvalue weighted by Gasteiger charge is 2.17. The molecule has 1 saturated heterocycles. The minimum Gasteiger partial charge on any atom is -0.353 e. The number of rotatable bonds is 6. The summed E-state index contributed by atoms with van der Waals surface area (Å²) < 4.78 is 0. The molecule has 6 nitrogen and oxygen atoms in total. The van der Waals surface area contributed by atoms with Gasteiger partial charge in [-0.05, 0) is 31.2 Å². The Morgan fingerprint density at radius 2 is 1.91 bits per heavy atom. The number of carbonyl (C=O) groups excluding carboxylic acids is 2. The first-order valence-corrected chi connectivity index (χ1v) is 8.21. The lowest BCUT2D eigenvalue weighted by Gasteiger charge is -2.27. The van der Waals surface area contributed by atoms with Gasteiger partial charge in [-0.2, -0.15) is 0 Å². The van der Waals surface area contributed by atoms with E-state index in [0.717, 1.165) is 32.7 Å². The minimum absolute atomic E-state index is 0.178. The van der Waals surface area contributed by atoms with Gasteiger partial charge in [-0.15, -0.1) is 0 Å². The normalized spacial score (nSPS) is 16.6. The summed E-state index contributed by atoms with van der Waals surface area (Å²) in [6, 6.07) is 5.98. The van der Waals surface area contributed by atoms with Gasteiger partial charge in [-0.1, -0.05) is 11.6 Å². The summed E-state index contributed by atoms with van der Waals surface area (Å²) in [5, 5.41) is 9.40. The summed E-state index contributed by atoms with van der Waals surface area (Å²) in [6.45, 7) is 7.06. The van der Waals surface area contributed by atoms with Gasteiger partial charge in [0.25, 0.3) is 5.91 Å². The summed E-state index contributed by atoms with van der Waals surface area (Å²) in [7, 11) is 0. The van der Waals surface area contributed by atoms with Gasteiger partial charge in [0.2, 0.25) is 5.91 Å². The molecule has 2 rings (SSSR count). The van der Waals surface area contributed by atoms with Crippen LogP contribution in [0, 0.1) is 0 Å². The molecule has 0 spiro atoms. The highest BCUT2D eigenvalue weighted by Crippen LogP contribution is 2.09. The van der Waals surface area contributed by atoms with Gasteiger partial charge in [0.15, 0.2) is 0 Å². The molecule has 3 N–H and O–H groups in total. The summed E-state index contributed by atoms with van der Waals surface area (Å²) in [6.07, 6.45) is 0. The van der Waals surface area contributed by atoms with Crippen LogP contribution in [0.4, 0.5) is 0 Å². The molecule has 0 aliphatic carbocycles. The van der Waals surface area contributed by atoms with Crippen molar-refractivity contribution in [1.82, 2.24) is 20.9 Å². The van der Waals surface area contributed by atoms with Gasteiger partial charge in [0.05, 0.1) is 0 Å². The molecule has 1 atom stereocenters. The van der Waals surface area contributed by atoms with Crippen molar-refractivity contribution in [2.75, 3.05) is 39.3 Å². The van der Waals surface area contributed by atoms with E-state index in [2.05, 4.69) is 20.9 Å². The van der Waals surface area contributed by atoms with Gasteiger partial charge >= 0.3 is 0 Å². The summed E-state index contributed by atoms with van der Waals surface area (Å²) >= 11 is 5.79. The number of benzene rings is 1. The molecule has 0 aromatic heterocycles. The summed E-state index contributed by atoms with van der Waals surface area (Å²) in [5.74, 6) is -0.464. The second kappa shape index (κ2) is 8.86. The van der Waals surface area contributed by atoms with Crippen molar-refractivity contribution in [3.05, 3.63) is 34.9 Å². The van der Waals surface area contributed by atoms with Crippen molar-refractivity contribution >= 4 is 23.4 Å². The average Bonchev–Trinajstić information content (AvgIpc) is 2.56. The van der Waals surface area contributed by atoms with Crippen LogP contribution in [-0.2, 0) is 4.79 Å². The molecule has 1 aromatic carbocycles. The lowest BCUT2D eigenvalue weighted by molar-refractivity contribution is -0.122. The molecular weight excluding hydrogens is 316 g/mol. The fraction of sp³-hybridized carbons (Fsp3) is 0.500. The van der Waals surface area contributed by atoms with E-state index in [1.807, 2.05) is 0 Å². The first-order chi connectivity index (χ1) is 11.1. The van der Waals surface area contributed by atoms with Crippen LogP contribution >= 0.6 is 11.6 Å². The molecule has 1 aliphatic heterocycles. The van der Waals surface area contributed by atoms with Crippen LogP contribution in [0.2, 0.25) is 5.02 Å². The second-order valence-electron chi connectivity index (χ2n) is 5.58. The zero-order chi connectivity index (χ0) is 16.7. The van der Waals surface area contributed by atoms with Crippen LogP contribution in [0.3, 0.4) is 0 Å². The molecule has 1 fully saturated rings. The number of piperazine rings is 1. The van der Waals surface area contributed by atoms with E-state index >= 15 is 0 Å². The van der Waals surface area contributed by atoms with Crippen LogP contribution in [0.25, 0.3) is 0 Å². The third kappa shape index (κ3) is 5.82. The molecule has 23 heavy (non-hydrogen) atoms. The van der Waals surface area contributed by atoms with Gasteiger partial charge in [-0.25, -0.2) is 0 Å². The number of hydrogen-bond acceptors (Lipinski definition) is 4. The smallest absolute Gasteiger partial charge is 0.251 e. The van der Waals surface area contributed by atoms with Gasteiger partial charge in [0.1, 0.15) is 6.04 Å². The van der Waals surface area contributed by atoms with E-state index in [4.69, 9.17) is 11.6 Å². The van der Waals surface area contributed by atoms with E-state index in [1.54, 1.807) is 31.2 Å². The highest BCUT2D eigenvalue weighted by molar-refractivity contribution is 6.30. The zero-order valence-electron chi connectivity index (χ0n) is 13.3. The maximum atomic E-state index is 12.0. The first-order valence-electron chi connectivity index (χ1n) is 7.83. The van der Waals surface area contributed by atoms with E-state index in [-0.39, 0.29) is 11.8 Å². The number of halogens is 1. The fourth-order valence-corrected chi connectivity index (χ4v) is 2.50. The fourth-order valence-electron chi connectivity index (χ4n) is 2.37. The Morgan fingerprint density at radius 1 is 1.26 bits per heavy atom. The molecule has 2 amide bonds.